The molecule has 0 aliphatic carbocycles. The van der Waals surface area contributed by atoms with Crippen LogP contribution >= 0.6 is 24.0 Å². The van der Waals surface area contributed by atoms with Gasteiger partial charge in [0.05, 0.1) is 18.8 Å². The second-order valence-corrected chi connectivity index (χ2v) is 8.47. The third kappa shape index (κ3) is 7.43. The van der Waals surface area contributed by atoms with E-state index in [4.69, 9.17) is 9.41 Å². The van der Waals surface area contributed by atoms with Crippen molar-refractivity contribution >= 4 is 29.9 Å². The minimum absolute atomic E-state index is 0. The lowest BCUT2D eigenvalue weighted by molar-refractivity contribution is 0.141. The van der Waals surface area contributed by atoms with E-state index in [1.54, 1.807) is 6.26 Å². The fourth-order valence-electron chi connectivity index (χ4n) is 4.41. The van der Waals surface area contributed by atoms with Gasteiger partial charge in [-0.2, -0.15) is 0 Å². The normalized spacial score (nSPS) is 22.5. The highest BCUT2D eigenvalue weighted by atomic mass is 127. The van der Waals surface area contributed by atoms with Crippen molar-refractivity contribution in [1.29, 1.82) is 0 Å². The summed E-state index contributed by atoms with van der Waals surface area (Å²) in [6, 6.07) is 4.94. The average Bonchev–Trinajstić information content (AvgIpc) is 3.41. The van der Waals surface area contributed by atoms with Gasteiger partial charge in [-0.25, -0.2) is 0 Å². The summed E-state index contributed by atoms with van der Waals surface area (Å²) in [5.74, 6) is 2.65. The number of hydrogen-bond donors (Lipinski definition) is 2. The minimum atomic E-state index is 0. The molecule has 1 aromatic rings. The van der Waals surface area contributed by atoms with E-state index in [0.29, 0.717) is 12.0 Å². The maximum Gasteiger partial charge on any atom is 0.191 e. The zero-order chi connectivity index (χ0) is 19.8. The van der Waals surface area contributed by atoms with E-state index in [9.17, 15) is 0 Å². The van der Waals surface area contributed by atoms with Gasteiger partial charge >= 0.3 is 0 Å². The van der Waals surface area contributed by atoms with Crippen LogP contribution in [0.15, 0.2) is 27.8 Å². The van der Waals surface area contributed by atoms with Crippen LogP contribution in [0, 0.1) is 5.92 Å². The highest BCUT2D eigenvalue weighted by Crippen LogP contribution is 2.25. The van der Waals surface area contributed by atoms with E-state index in [-0.39, 0.29) is 30.0 Å². The molecule has 166 valence electrons. The quantitative estimate of drug-likeness (QED) is 0.313. The Labute approximate surface area is 193 Å². The number of nitrogens with one attached hydrogen (secondary N) is 2. The summed E-state index contributed by atoms with van der Waals surface area (Å²) in [6.07, 6.45) is 6.92. The molecule has 0 amide bonds. The molecule has 2 saturated heterocycles. The fraction of sp³-hybridized carbons (Fsp3) is 0.773. The summed E-state index contributed by atoms with van der Waals surface area (Å²) in [4.78, 5) is 10.0. The largest absolute Gasteiger partial charge is 0.468 e. The van der Waals surface area contributed by atoms with Crippen LogP contribution in [-0.2, 0) is 0 Å². The molecule has 6 nitrogen and oxygen atoms in total. The average molecular weight is 518 g/mol. The monoisotopic (exact) mass is 517 g/mol. The Morgan fingerprint density at radius 2 is 1.93 bits per heavy atom. The highest BCUT2D eigenvalue weighted by molar-refractivity contribution is 14.0. The Balaban J connectivity index is 0.00000300. The Morgan fingerprint density at radius 1 is 1.17 bits per heavy atom. The van der Waals surface area contributed by atoms with Gasteiger partial charge < -0.3 is 20.0 Å². The zero-order valence-corrected chi connectivity index (χ0v) is 20.7. The molecule has 2 aliphatic heterocycles. The number of hydrogen-bond acceptors (Lipinski definition) is 4. The molecule has 2 fully saturated rings. The van der Waals surface area contributed by atoms with Crippen LogP contribution in [-0.4, -0.2) is 67.6 Å². The second kappa shape index (κ2) is 12.8. The molecule has 3 heterocycles. The number of aliphatic imine (C=N–C) groups is 1. The first-order valence-corrected chi connectivity index (χ1v) is 11.2. The topological polar surface area (TPSA) is 56.0 Å². The lowest BCUT2D eigenvalue weighted by Crippen LogP contribution is -2.46. The van der Waals surface area contributed by atoms with E-state index in [1.807, 2.05) is 6.07 Å². The van der Waals surface area contributed by atoms with Gasteiger partial charge in [0.1, 0.15) is 5.76 Å². The molecule has 2 N–H and O–H groups in total. The van der Waals surface area contributed by atoms with Gasteiger partial charge in [-0.1, -0.05) is 0 Å². The van der Waals surface area contributed by atoms with Crippen molar-refractivity contribution < 1.29 is 4.42 Å². The maximum absolute atomic E-state index is 5.73. The van der Waals surface area contributed by atoms with E-state index in [1.165, 1.54) is 38.8 Å². The number of guanidine groups is 1. The Kier molecular flexibility index (Phi) is 10.8. The summed E-state index contributed by atoms with van der Waals surface area (Å²) >= 11 is 0. The Morgan fingerprint density at radius 3 is 2.59 bits per heavy atom. The zero-order valence-electron chi connectivity index (χ0n) is 18.4. The summed E-state index contributed by atoms with van der Waals surface area (Å²) in [7, 11) is 0. The third-order valence-electron chi connectivity index (χ3n) is 6.06. The summed E-state index contributed by atoms with van der Waals surface area (Å²) in [5.41, 5.74) is 0. The van der Waals surface area contributed by atoms with E-state index < -0.39 is 0 Å². The molecule has 0 radical (unpaired) electrons. The molecule has 1 aromatic heterocycles. The predicted molar refractivity (Wildman–Crippen MR) is 131 cm³/mol. The van der Waals surface area contributed by atoms with E-state index >= 15 is 0 Å². The standard InChI is InChI=1S/C22H39N5O.HI/c1-4-23-22(24-15-19-9-7-13-27(17-19)18(2)3)25-16-20(21-10-8-14-28-21)26-11-5-6-12-26;/h8,10,14,18-20H,4-7,9,11-13,15-17H2,1-3H3,(H2,23,24,25);1H. The number of likely N-dealkylation sites (tertiary alicyclic amines) is 2. The molecule has 2 aliphatic rings. The van der Waals surface area contributed by atoms with Crippen molar-refractivity contribution in [2.24, 2.45) is 10.9 Å². The molecule has 29 heavy (non-hydrogen) atoms. The lowest BCUT2D eigenvalue weighted by atomic mass is 9.97. The van der Waals surface area contributed by atoms with E-state index in [2.05, 4.69) is 47.3 Å². The first-order chi connectivity index (χ1) is 13.7. The van der Waals surface area contributed by atoms with Crippen LogP contribution in [0.4, 0.5) is 0 Å². The fourth-order valence-corrected chi connectivity index (χ4v) is 4.41. The molecular weight excluding hydrogens is 477 g/mol. The maximum atomic E-state index is 5.73. The Bertz CT molecular complexity index is 586. The third-order valence-corrected chi connectivity index (χ3v) is 6.06. The molecule has 0 bridgehead atoms. The van der Waals surface area contributed by atoms with Crippen molar-refractivity contribution in [1.82, 2.24) is 20.4 Å². The first kappa shape index (κ1) is 24.5. The van der Waals surface area contributed by atoms with Crippen molar-refractivity contribution in [3.8, 4) is 0 Å². The molecule has 2 atom stereocenters. The molecule has 2 unspecified atom stereocenters. The molecule has 3 rings (SSSR count). The van der Waals surface area contributed by atoms with Crippen LogP contribution in [0.5, 0.6) is 0 Å². The lowest BCUT2D eigenvalue weighted by Gasteiger charge is -2.35. The second-order valence-electron chi connectivity index (χ2n) is 8.47. The Hall–Kier alpha value is -0.800. The van der Waals surface area contributed by atoms with E-state index in [0.717, 1.165) is 44.4 Å². The predicted octanol–water partition coefficient (Wildman–Crippen LogP) is 3.71. The summed E-state index contributed by atoms with van der Waals surface area (Å²) in [5, 5.41) is 7.03. The van der Waals surface area contributed by atoms with Gasteiger partial charge in [-0.15, -0.1) is 24.0 Å². The first-order valence-electron chi connectivity index (χ1n) is 11.2. The molecule has 0 spiro atoms. The van der Waals surface area contributed by atoms with Gasteiger partial charge in [0, 0.05) is 25.7 Å². The van der Waals surface area contributed by atoms with Crippen molar-refractivity contribution in [2.45, 2.75) is 58.5 Å². The molecule has 7 heteroatoms. The minimum Gasteiger partial charge on any atom is -0.468 e. The molecular formula is C22H40IN5O. The SMILES string of the molecule is CCNC(=NCC(c1ccco1)N1CCCC1)NCC1CCCN(C(C)C)C1.I. The number of furan rings is 1. The van der Waals surface area contributed by atoms with Crippen LogP contribution < -0.4 is 10.6 Å². The van der Waals surface area contributed by atoms with Gasteiger partial charge in [0.25, 0.3) is 0 Å². The number of nitrogens with zero attached hydrogens (tertiary/aromatic N) is 3. The molecule has 0 aromatic carbocycles. The van der Waals surface area contributed by atoms with Gasteiger partial charge in [-0.3, -0.25) is 9.89 Å². The van der Waals surface area contributed by atoms with Gasteiger partial charge in [0.2, 0.25) is 0 Å². The summed E-state index contributed by atoms with van der Waals surface area (Å²) in [6.45, 7) is 14.0. The smallest absolute Gasteiger partial charge is 0.191 e. The number of rotatable bonds is 8. The van der Waals surface area contributed by atoms with Crippen molar-refractivity contribution in [3.63, 3.8) is 0 Å². The van der Waals surface area contributed by atoms with Crippen LogP contribution in [0.25, 0.3) is 0 Å². The van der Waals surface area contributed by atoms with Crippen LogP contribution in [0.1, 0.15) is 58.3 Å². The van der Waals surface area contributed by atoms with Crippen molar-refractivity contribution in [3.05, 3.63) is 24.2 Å². The van der Waals surface area contributed by atoms with Crippen LogP contribution in [0.3, 0.4) is 0 Å². The molecule has 0 saturated carbocycles. The van der Waals surface area contributed by atoms with Crippen LogP contribution in [0.2, 0.25) is 0 Å². The highest BCUT2D eigenvalue weighted by Gasteiger charge is 2.26. The summed E-state index contributed by atoms with van der Waals surface area (Å²) < 4.78 is 5.73. The van der Waals surface area contributed by atoms with Gasteiger partial charge in [-0.05, 0) is 84.1 Å². The van der Waals surface area contributed by atoms with Gasteiger partial charge in [0.15, 0.2) is 5.96 Å². The number of halogens is 1. The van der Waals surface area contributed by atoms with Crippen molar-refractivity contribution in [2.75, 3.05) is 45.8 Å². The number of piperidine rings is 1.